The summed E-state index contributed by atoms with van der Waals surface area (Å²) in [6.45, 7) is 15.3. The molecule has 2 rings (SSSR count). The average molecular weight is 503 g/mol. The van der Waals surface area contributed by atoms with Crippen LogP contribution in [0.2, 0.25) is 0 Å². The van der Waals surface area contributed by atoms with Crippen molar-refractivity contribution < 1.29 is 14.6 Å². The molecule has 5 nitrogen and oxygen atoms in total. The lowest BCUT2D eigenvalue weighted by Crippen LogP contribution is -2.40. The number of nitrogens with zero attached hydrogens (tertiary/aromatic N) is 1. The topological polar surface area (TPSA) is 61.8 Å². The maximum atomic E-state index is 13.5. The van der Waals surface area contributed by atoms with Crippen LogP contribution in [0.3, 0.4) is 0 Å². The van der Waals surface area contributed by atoms with E-state index < -0.39 is 0 Å². The van der Waals surface area contributed by atoms with E-state index in [1.54, 1.807) is 0 Å². The van der Waals surface area contributed by atoms with Gasteiger partial charge in [-0.15, -0.1) is 0 Å². The van der Waals surface area contributed by atoms with Crippen LogP contribution in [0, 0.1) is 13.8 Å². The van der Waals surface area contributed by atoms with Crippen LogP contribution in [0.5, 0.6) is 11.5 Å². The number of fused-ring (bicyclic) bond motifs is 1. The Bertz CT molecular complexity index is 823. The third-order valence-corrected chi connectivity index (χ3v) is 8.07. The van der Waals surface area contributed by atoms with Crippen molar-refractivity contribution >= 4 is 5.91 Å². The summed E-state index contributed by atoms with van der Waals surface area (Å²) < 4.78 is 6.68. The highest BCUT2D eigenvalue weighted by atomic mass is 16.5. The summed E-state index contributed by atoms with van der Waals surface area (Å²) in [6.07, 6.45) is 16.0. The SMILES string of the molecule is CCCCCCCCCCCCC1(C)CCc2c(c(C)c(C)c(O)c2C(=O)N(CC)CCNCC)O1. The molecular formula is C31H54N2O3. The standard InChI is InChI=1S/C31H54N2O3/c1-7-10-11-12-13-14-15-16-17-18-20-31(6)21-19-26-27(28(34)24(4)25(5)29(26)36-31)30(35)33(9-3)23-22-32-8-2/h32,34H,7-23H2,1-6H3. The molecule has 0 saturated heterocycles. The molecule has 0 bridgehead atoms. The maximum Gasteiger partial charge on any atom is 0.258 e. The van der Waals surface area contributed by atoms with Crippen LogP contribution in [0.25, 0.3) is 0 Å². The Hall–Kier alpha value is -1.75. The van der Waals surface area contributed by atoms with Gasteiger partial charge in [0.05, 0.1) is 5.56 Å². The van der Waals surface area contributed by atoms with E-state index in [-0.39, 0.29) is 17.3 Å². The van der Waals surface area contributed by atoms with Gasteiger partial charge in [0.25, 0.3) is 5.91 Å². The first-order valence-electron chi connectivity index (χ1n) is 14.8. The van der Waals surface area contributed by atoms with Gasteiger partial charge in [-0.2, -0.15) is 0 Å². The van der Waals surface area contributed by atoms with Crippen LogP contribution in [0.1, 0.15) is 132 Å². The number of hydrogen-bond donors (Lipinski definition) is 2. The molecule has 1 atom stereocenters. The highest BCUT2D eigenvalue weighted by Crippen LogP contribution is 2.45. The van der Waals surface area contributed by atoms with Crippen molar-refractivity contribution in [2.75, 3.05) is 26.2 Å². The van der Waals surface area contributed by atoms with E-state index >= 15 is 0 Å². The third-order valence-electron chi connectivity index (χ3n) is 8.07. The van der Waals surface area contributed by atoms with Gasteiger partial charge in [-0.3, -0.25) is 4.79 Å². The van der Waals surface area contributed by atoms with Gasteiger partial charge >= 0.3 is 0 Å². The van der Waals surface area contributed by atoms with Crippen LogP contribution < -0.4 is 10.1 Å². The number of aromatic hydroxyl groups is 1. The zero-order valence-corrected chi connectivity index (χ0v) is 24.2. The minimum Gasteiger partial charge on any atom is -0.507 e. The number of ether oxygens (including phenoxy) is 1. The van der Waals surface area contributed by atoms with Crippen LogP contribution in [0.15, 0.2) is 0 Å². The van der Waals surface area contributed by atoms with Gasteiger partial charge < -0.3 is 20.1 Å². The van der Waals surface area contributed by atoms with Crippen molar-refractivity contribution in [2.45, 2.75) is 131 Å². The fourth-order valence-electron chi connectivity index (χ4n) is 5.43. The molecule has 1 amide bonds. The lowest BCUT2D eigenvalue weighted by atomic mass is 9.84. The van der Waals surface area contributed by atoms with E-state index in [2.05, 4.69) is 26.1 Å². The van der Waals surface area contributed by atoms with Crippen LogP contribution >= 0.6 is 0 Å². The molecule has 2 N–H and O–H groups in total. The lowest BCUT2D eigenvalue weighted by Gasteiger charge is -2.38. The van der Waals surface area contributed by atoms with Crippen molar-refractivity contribution in [3.63, 3.8) is 0 Å². The zero-order chi connectivity index (χ0) is 26.6. The molecule has 1 aromatic carbocycles. The minimum atomic E-state index is -0.211. The molecule has 1 aromatic rings. The summed E-state index contributed by atoms with van der Waals surface area (Å²) in [4.78, 5) is 15.4. The van der Waals surface area contributed by atoms with Gasteiger partial charge in [-0.1, -0.05) is 71.6 Å². The summed E-state index contributed by atoms with van der Waals surface area (Å²) in [5.41, 5.74) is 2.85. The van der Waals surface area contributed by atoms with Gasteiger partial charge in [0.1, 0.15) is 17.1 Å². The van der Waals surface area contributed by atoms with E-state index in [9.17, 15) is 9.90 Å². The number of phenolic OH excluding ortho intramolecular Hbond substituents is 1. The number of hydrogen-bond acceptors (Lipinski definition) is 4. The Labute approximate surface area is 221 Å². The normalized spacial score (nSPS) is 17.1. The predicted molar refractivity (Wildman–Crippen MR) is 152 cm³/mol. The first-order chi connectivity index (χ1) is 17.3. The molecule has 0 radical (unpaired) electrons. The summed E-state index contributed by atoms with van der Waals surface area (Å²) in [7, 11) is 0. The van der Waals surface area contributed by atoms with Crippen LogP contribution in [-0.4, -0.2) is 47.7 Å². The van der Waals surface area contributed by atoms with Crippen LogP contribution in [-0.2, 0) is 6.42 Å². The molecule has 0 aliphatic carbocycles. The maximum absolute atomic E-state index is 13.5. The largest absolute Gasteiger partial charge is 0.507 e. The number of unbranched alkanes of at least 4 members (excludes halogenated alkanes) is 9. The van der Waals surface area contributed by atoms with E-state index in [1.165, 1.54) is 64.2 Å². The fourth-order valence-corrected chi connectivity index (χ4v) is 5.43. The molecular weight excluding hydrogens is 448 g/mol. The van der Waals surface area contributed by atoms with Crippen molar-refractivity contribution in [1.82, 2.24) is 10.2 Å². The monoisotopic (exact) mass is 502 g/mol. The highest BCUT2D eigenvalue weighted by Gasteiger charge is 2.37. The Morgan fingerprint density at radius 1 is 0.972 bits per heavy atom. The summed E-state index contributed by atoms with van der Waals surface area (Å²) in [6, 6.07) is 0. The molecule has 1 aliphatic heterocycles. The Morgan fingerprint density at radius 3 is 2.17 bits per heavy atom. The Morgan fingerprint density at radius 2 is 1.58 bits per heavy atom. The molecule has 0 fully saturated rings. The van der Waals surface area contributed by atoms with E-state index in [1.807, 2.05) is 25.7 Å². The van der Waals surface area contributed by atoms with Gasteiger partial charge in [0.2, 0.25) is 0 Å². The fraction of sp³-hybridized carbons (Fsp3) is 0.774. The molecule has 5 heteroatoms. The number of nitrogens with one attached hydrogen (secondary N) is 1. The van der Waals surface area contributed by atoms with Gasteiger partial charge in [0.15, 0.2) is 0 Å². The second kappa shape index (κ2) is 15.5. The molecule has 1 heterocycles. The quantitative estimate of drug-likeness (QED) is 0.217. The number of carbonyl (C=O) groups excluding carboxylic acids is 1. The Kier molecular flexibility index (Phi) is 13.1. The van der Waals surface area contributed by atoms with Crippen molar-refractivity contribution in [1.29, 1.82) is 0 Å². The zero-order valence-electron chi connectivity index (χ0n) is 24.2. The molecule has 0 aromatic heterocycles. The number of rotatable bonds is 17. The molecule has 206 valence electrons. The van der Waals surface area contributed by atoms with Crippen molar-refractivity contribution in [2.24, 2.45) is 0 Å². The first kappa shape index (κ1) is 30.5. The minimum absolute atomic E-state index is 0.0887. The second-order valence-electron chi connectivity index (χ2n) is 11.0. The van der Waals surface area contributed by atoms with Gasteiger partial charge in [-0.05, 0) is 71.0 Å². The second-order valence-corrected chi connectivity index (χ2v) is 11.0. The summed E-state index contributed by atoms with van der Waals surface area (Å²) >= 11 is 0. The van der Waals surface area contributed by atoms with Gasteiger partial charge in [-0.25, -0.2) is 0 Å². The smallest absolute Gasteiger partial charge is 0.258 e. The van der Waals surface area contributed by atoms with Gasteiger partial charge in [0, 0.05) is 25.2 Å². The third kappa shape index (κ3) is 8.39. The summed E-state index contributed by atoms with van der Waals surface area (Å²) in [5.74, 6) is 0.867. The van der Waals surface area contributed by atoms with Crippen molar-refractivity contribution in [3.8, 4) is 11.5 Å². The average Bonchev–Trinajstić information content (AvgIpc) is 2.87. The lowest BCUT2D eigenvalue weighted by molar-refractivity contribution is 0.0510. The number of benzene rings is 1. The molecule has 1 aliphatic rings. The molecule has 0 spiro atoms. The predicted octanol–water partition coefficient (Wildman–Crippen LogP) is 7.48. The van der Waals surface area contributed by atoms with E-state index in [0.29, 0.717) is 18.7 Å². The molecule has 36 heavy (non-hydrogen) atoms. The number of phenols is 1. The first-order valence-corrected chi connectivity index (χ1v) is 14.8. The van der Waals surface area contributed by atoms with Crippen LogP contribution in [0.4, 0.5) is 0 Å². The van der Waals surface area contributed by atoms with E-state index in [4.69, 9.17) is 4.74 Å². The number of amides is 1. The molecule has 1 unspecified atom stereocenters. The number of carbonyl (C=O) groups is 1. The highest BCUT2D eigenvalue weighted by molar-refractivity contribution is 6.00. The molecule has 0 saturated carbocycles. The van der Waals surface area contributed by atoms with Crippen molar-refractivity contribution in [3.05, 3.63) is 22.3 Å². The van der Waals surface area contributed by atoms with E-state index in [0.717, 1.165) is 54.8 Å². The Balaban J connectivity index is 2.01. The number of likely N-dealkylation sites (N-methyl/N-ethyl adjacent to an activating group) is 2. The summed E-state index contributed by atoms with van der Waals surface area (Å²) in [5, 5.41) is 14.3.